The molecule has 0 amide bonds. The van der Waals surface area contributed by atoms with Gasteiger partial charge in [-0.05, 0) is 23.6 Å². The first-order valence-electron chi connectivity index (χ1n) is 6.10. The van der Waals surface area contributed by atoms with Crippen LogP contribution < -0.4 is 5.32 Å². The number of nitrogens with one attached hydrogen (secondary N) is 1. The lowest BCUT2D eigenvalue weighted by atomic mass is 10.3. The van der Waals surface area contributed by atoms with E-state index in [-0.39, 0.29) is 0 Å². The SMILES string of the molecule is CNc1nc(CSc2ccccc2O)nc2sccc12. The third-order valence-electron chi connectivity index (χ3n) is 2.83. The average Bonchev–Trinajstić information content (AvgIpc) is 2.94. The van der Waals surface area contributed by atoms with E-state index >= 15 is 0 Å². The van der Waals surface area contributed by atoms with E-state index in [9.17, 15) is 5.11 Å². The molecule has 0 unspecified atom stereocenters. The zero-order chi connectivity index (χ0) is 13.9. The molecule has 0 aliphatic carbocycles. The Morgan fingerprint density at radius 3 is 2.90 bits per heavy atom. The van der Waals surface area contributed by atoms with Crippen LogP contribution >= 0.6 is 23.1 Å². The Bertz CT molecular complexity index is 742. The van der Waals surface area contributed by atoms with Crippen molar-refractivity contribution in [3.63, 3.8) is 0 Å². The average molecular weight is 303 g/mol. The second kappa shape index (κ2) is 5.68. The molecule has 0 aliphatic rings. The Morgan fingerprint density at radius 1 is 1.25 bits per heavy atom. The highest BCUT2D eigenvalue weighted by Crippen LogP contribution is 2.31. The second-order valence-corrected chi connectivity index (χ2v) is 6.05. The van der Waals surface area contributed by atoms with E-state index in [1.54, 1.807) is 17.4 Å². The minimum Gasteiger partial charge on any atom is -0.507 e. The normalized spacial score (nSPS) is 10.8. The van der Waals surface area contributed by atoms with Crippen LogP contribution in [0.5, 0.6) is 5.75 Å². The minimum atomic E-state index is 0.295. The number of hydrogen-bond acceptors (Lipinski definition) is 6. The van der Waals surface area contributed by atoms with Gasteiger partial charge in [-0.3, -0.25) is 0 Å². The number of thioether (sulfide) groups is 1. The summed E-state index contributed by atoms with van der Waals surface area (Å²) < 4.78 is 0. The lowest BCUT2D eigenvalue weighted by Crippen LogP contribution is -1.99. The molecule has 0 spiro atoms. The molecule has 6 heteroatoms. The molecule has 102 valence electrons. The molecule has 2 heterocycles. The van der Waals surface area contributed by atoms with Crippen molar-refractivity contribution >= 4 is 39.1 Å². The molecule has 4 nitrogen and oxygen atoms in total. The van der Waals surface area contributed by atoms with Gasteiger partial charge in [-0.1, -0.05) is 12.1 Å². The van der Waals surface area contributed by atoms with Crippen LogP contribution in [0.1, 0.15) is 5.82 Å². The van der Waals surface area contributed by atoms with Crippen LogP contribution in [0, 0.1) is 0 Å². The van der Waals surface area contributed by atoms with Gasteiger partial charge >= 0.3 is 0 Å². The number of phenols is 1. The van der Waals surface area contributed by atoms with Gasteiger partial charge in [-0.2, -0.15) is 0 Å². The molecule has 0 saturated carbocycles. The van der Waals surface area contributed by atoms with Crippen LogP contribution in [0.25, 0.3) is 10.2 Å². The molecule has 0 radical (unpaired) electrons. The molecule has 0 saturated heterocycles. The summed E-state index contributed by atoms with van der Waals surface area (Å²) in [5.74, 6) is 2.53. The first-order chi connectivity index (χ1) is 9.78. The monoisotopic (exact) mass is 303 g/mol. The van der Waals surface area contributed by atoms with Gasteiger partial charge in [0.05, 0.1) is 11.1 Å². The smallest absolute Gasteiger partial charge is 0.142 e. The molecular weight excluding hydrogens is 290 g/mol. The summed E-state index contributed by atoms with van der Waals surface area (Å²) in [6, 6.07) is 9.32. The van der Waals surface area contributed by atoms with Gasteiger partial charge in [-0.15, -0.1) is 23.1 Å². The molecular formula is C14H13N3OS2. The molecule has 2 N–H and O–H groups in total. The Morgan fingerprint density at radius 2 is 2.10 bits per heavy atom. The summed E-state index contributed by atoms with van der Waals surface area (Å²) in [6.07, 6.45) is 0. The highest BCUT2D eigenvalue weighted by Gasteiger charge is 2.09. The van der Waals surface area contributed by atoms with Crippen molar-refractivity contribution < 1.29 is 5.11 Å². The standard InChI is InChI=1S/C14H13N3OS2/c1-15-13-9-6-7-19-14(9)17-12(16-13)8-20-11-5-3-2-4-10(11)18/h2-7,18H,8H2,1H3,(H,15,16,17). The number of anilines is 1. The quantitative estimate of drug-likeness (QED) is 0.719. The molecule has 0 bridgehead atoms. The van der Waals surface area contributed by atoms with Crippen molar-refractivity contribution in [1.29, 1.82) is 0 Å². The number of aromatic nitrogens is 2. The molecule has 3 rings (SSSR count). The number of thiophene rings is 1. The van der Waals surface area contributed by atoms with Crippen LogP contribution in [0.15, 0.2) is 40.6 Å². The van der Waals surface area contributed by atoms with Gasteiger partial charge in [0.15, 0.2) is 0 Å². The Kier molecular flexibility index (Phi) is 3.75. The van der Waals surface area contributed by atoms with Crippen molar-refractivity contribution in [3.05, 3.63) is 41.5 Å². The van der Waals surface area contributed by atoms with E-state index in [2.05, 4.69) is 15.3 Å². The third-order valence-corrected chi connectivity index (χ3v) is 4.70. The highest BCUT2D eigenvalue weighted by molar-refractivity contribution is 7.98. The van der Waals surface area contributed by atoms with E-state index < -0.39 is 0 Å². The zero-order valence-corrected chi connectivity index (χ0v) is 12.5. The minimum absolute atomic E-state index is 0.295. The predicted octanol–water partition coefficient (Wildman–Crippen LogP) is 3.73. The summed E-state index contributed by atoms with van der Waals surface area (Å²) >= 11 is 3.14. The second-order valence-electron chi connectivity index (χ2n) is 4.13. The van der Waals surface area contributed by atoms with Crippen molar-refractivity contribution in [2.24, 2.45) is 0 Å². The fourth-order valence-electron chi connectivity index (χ4n) is 1.88. The van der Waals surface area contributed by atoms with Gasteiger partial charge in [0.25, 0.3) is 0 Å². The maximum atomic E-state index is 9.76. The topological polar surface area (TPSA) is 58.0 Å². The summed E-state index contributed by atoms with van der Waals surface area (Å²) in [7, 11) is 1.86. The Labute approximate surface area is 124 Å². The molecule has 1 aromatic carbocycles. The van der Waals surface area contributed by atoms with Gasteiger partial charge in [-0.25, -0.2) is 9.97 Å². The largest absolute Gasteiger partial charge is 0.507 e. The zero-order valence-electron chi connectivity index (χ0n) is 10.8. The lowest BCUT2D eigenvalue weighted by Gasteiger charge is -2.06. The van der Waals surface area contributed by atoms with Crippen LogP contribution in [0.4, 0.5) is 5.82 Å². The first kappa shape index (κ1) is 13.2. The predicted molar refractivity (Wildman–Crippen MR) is 84.6 cm³/mol. The lowest BCUT2D eigenvalue weighted by molar-refractivity contribution is 0.462. The van der Waals surface area contributed by atoms with Crippen molar-refractivity contribution in [3.8, 4) is 5.75 Å². The van der Waals surface area contributed by atoms with E-state index in [1.165, 1.54) is 11.8 Å². The van der Waals surface area contributed by atoms with Crippen molar-refractivity contribution in [2.45, 2.75) is 10.6 Å². The molecule has 2 aromatic heterocycles. The molecule has 0 aliphatic heterocycles. The van der Waals surface area contributed by atoms with Crippen LogP contribution in [0.3, 0.4) is 0 Å². The highest BCUT2D eigenvalue weighted by atomic mass is 32.2. The number of para-hydroxylation sites is 1. The number of hydrogen-bond donors (Lipinski definition) is 2. The summed E-state index contributed by atoms with van der Waals surface area (Å²) in [4.78, 5) is 10.9. The fraction of sp³-hybridized carbons (Fsp3) is 0.143. The summed E-state index contributed by atoms with van der Waals surface area (Å²) in [6.45, 7) is 0. The Hall–Kier alpha value is -1.79. The number of aromatic hydroxyl groups is 1. The fourth-order valence-corrected chi connectivity index (χ4v) is 3.46. The number of fused-ring (bicyclic) bond motifs is 1. The van der Waals surface area contributed by atoms with Gasteiger partial charge in [0.1, 0.15) is 22.2 Å². The summed E-state index contributed by atoms with van der Waals surface area (Å²) in [5.41, 5.74) is 0. The molecule has 20 heavy (non-hydrogen) atoms. The molecule has 3 aromatic rings. The van der Waals surface area contributed by atoms with Crippen LogP contribution in [0.2, 0.25) is 0 Å². The van der Waals surface area contributed by atoms with E-state index in [0.29, 0.717) is 11.5 Å². The maximum absolute atomic E-state index is 9.76. The first-order valence-corrected chi connectivity index (χ1v) is 7.97. The van der Waals surface area contributed by atoms with Crippen molar-refractivity contribution in [1.82, 2.24) is 9.97 Å². The van der Waals surface area contributed by atoms with Gasteiger partial charge < -0.3 is 10.4 Å². The number of rotatable bonds is 4. The number of benzene rings is 1. The van der Waals surface area contributed by atoms with Gasteiger partial charge in [0, 0.05) is 11.9 Å². The Balaban J connectivity index is 1.86. The van der Waals surface area contributed by atoms with E-state index in [0.717, 1.165) is 26.8 Å². The van der Waals surface area contributed by atoms with Crippen molar-refractivity contribution in [2.75, 3.05) is 12.4 Å². The third kappa shape index (κ3) is 2.57. The van der Waals surface area contributed by atoms with E-state index in [4.69, 9.17) is 0 Å². The number of nitrogens with zero attached hydrogens (tertiary/aromatic N) is 2. The molecule has 0 fully saturated rings. The van der Waals surface area contributed by atoms with E-state index in [1.807, 2.05) is 36.7 Å². The van der Waals surface area contributed by atoms with Crippen LogP contribution in [-0.4, -0.2) is 22.1 Å². The summed E-state index contributed by atoms with van der Waals surface area (Å²) in [5, 5.41) is 15.9. The van der Waals surface area contributed by atoms with Gasteiger partial charge in [0.2, 0.25) is 0 Å². The van der Waals surface area contributed by atoms with Crippen LogP contribution in [-0.2, 0) is 5.75 Å². The maximum Gasteiger partial charge on any atom is 0.142 e. The number of phenolic OH excluding ortho intramolecular Hbond substituents is 1. The molecule has 0 atom stereocenters.